The summed E-state index contributed by atoms with van der Waals surface area (Å²) in [5.41, 5.74) is 0. The third kappa shape index (κ3) is 4.43. The quantitative estimate of drug-likeness (QED) is 0.699. The lowest BCUT2D eigenvalue weighted by atomic mass is 10.3. The smallest absolute Gasteiger partial charge is 0.327 e. The molecule has 1 heterocycles. The zero-order valence-corrected chi connectivity index (χ0v) is 10.9. The number of urea groups is 1. The molecular weight excluding hydrogens is 268 g/mol. The molecule has 0 aromatic heterocycles. The Morgan fingerprint density at radius 2 is 2.18 bits per heavy atom. The van der Waals surface area contributed by atoms with Crippen LogP contribution < -0.4 is 5.32 Å². The molecule has 0 aliphatic carbocycles. The Morgan fingerprint density at radius 1 is 1.53 bits per heavy atom. The van der Waals surface area contributed by atoms with Gasteiger partial charge in [0.05, 0.1) is 11.6 Å². The van der Waals surface area contributed by atoms with Crippen LogP contribution in [0.1, 0.15) is 0 Å². The van der Waals surface area contributed by atoms with Crippen molar-refractivity contribution in [1.29, 1.82) is 0 Å². The molecule has 1 aliphatic heterocycles. The van der Waals surface area contributed by atoms with E-state index in [1.54, 1.807) is 0 Å². The highest BCUT2D eigenvalue weighted by Gasteiger charge is 2.34. The molecule has 0 unspecified atom stereocenters. The monoisotopic (exact) mass is 282 g/mol. The van der Waals surface area contributed by atoms with Gasteiger partial charge in [0.25, 0.3) is 0 Å². The highest BCUT2D eigenvalue weighted by Crippen LogP contribution is 2.20. The average molecular weight is 282 g/mol. The average Bonchev–Trinajstić information content (AvgIpc) is 2.63. The number of carboxylic acids is 1. The van der Waals surface area contributed by atoms with Crippen LogP contribution in [0.15, 0.2) is 0 Å². The number of aliphatic carboxylic acids is 1. The fourth-order valence-electron chi connectivity index (χ4n) is 1.29. The molecule has 17 heavy (non-hydrogen) atoms. The number of thioether (sulfide) groups is 1. The van der Waals surface area contributed by atoms with Crippen LogP contribution in [0.3, 0.4) is 0 Å². The van der Waals surface area contributed by atoms with E-state index in [2.05, 4.69) is 5.32 Å². The minimum atomic E-state index is -3.13. The van der Waals surface area contributed by atoms with Crippen molar-refractivity contribution in [3.8, 4) is 0 Å². The van der Waals surface area contributed by atoms with Crippen molar-refractivity contribution in [2.75, 3.05) is 30.2 Å². The summed E-state index contributed by atoms with van der Waals surface area (Å²) in [5.74, 6) is -0.540. The third-order valence-corrected chi connectivity index (χ3v) is 4.14. The van der Waals surface area contributed by atoms with Gasteiger partial charge in [0.2, 0.25) is 0 Å². The molecule has 2 N–H and O–H groups in total. The minimum Gasteiger partial charge on any atom is -0.480 e. The first-order valence-electron chi connectivity index (χ1n) is 4.84. The van der Waals surface area contributed by atoms with Crippen molar-refractivity contribution in [1.82, 2.24) is 10.2 Å². The Kier molecular flexibility index (Phi) is 4.63. The normalized spacial score (nSPS) is 20.3. The van der Waals surface area contributed by atoms with Gasteiger partial charge in [0, 0.05) is 18.6 Å². The molecule has 1 aliphatic rings. The molecule has 1 fully saturated rings. The van der Waals surface area contributed by atoms with Gasteiger partial charge >= 0.3 is 12.0 Å². The predicted molar refractivity (Wildman–Crippen MR) is 63.7 cm³/mol. The lowest BCUT2D eigenvalue weighted by Gasteiger charge is -2.20. The number of carbonyl (C=O) groups excluding carboxylic acids is 1. The summed E-state index contributed by atoms with van der Waals surface area (Å²) in [7, 11) is -3.13. The van der Waals surface area contributed by atoms with E-state index < -0.39 is 27.9 Å². The maximum atomic E-state index is 11.6. The van der Waals surface area contributed by atoms with Crippen LogP contribution >= 0.6 is 11.8 Å². The SMILES string of the molecule is CS(=O)(=O)CCNC(=O)N1CSC[C@H]1C(=O)O. The molecule has 0 bridgehead atoms. The second-order valence-corrected chi connectivity index (χ2v) is 6.95. The van der Waals surface area contributed by atoms with Crippen molar-refractivity contribution in [2.45, 2.75) is 6.04 Å². The number of hydrogen-bond acceptors (Lipinski definition) is 5. The van der Waals surface area contributed by atoms with Gasteiger partial charge in [-0.3, -0.25) is 0 Å². The number of nitrogens with one attached hydrogen (secondary N) is 1. The summed E-state index contributed by atoms with van der Waals surface area (Å²) in [5, 5.41) is 11.3. The van der Waals surface area contributed by atoms with Gasteiger partial charge in [-0.2, -0.15) is 0 Å². The maximum Gasteiger partial charge on any atom is 0.327 e. The van der Waals surface area contributed by atoms with E-state index in [9.17, 15) is 18.0 Å². The molecule has 9 heteroatoms. The van der Waals surface area contributed by atoms with E-state index in [0.717, 1.165) is 6.26 Å². The lowest BCUT2D eigenvalue weighted by Crippen LogP contribution is -2.47. The highest BCUT2D eigenvalue weighted by atomic mass is 32.2. The fourth-order valence-corrected chi connectivity index (χ4v) is 2.91. The number of hydrogen-bond donors (Lipinski definition) is 2. The van der Waals surface area contributed by atoms with Gasteiger partial charge in [0.15, 0.2) is 0 Å². The van der Waals surface area contributed by atoms with E-state index in [-0.39, 0.29) is 12.3 Å². The molecule has 7 nitrogen and oxygen atoms in total. The van der Waals surface area contributed by atoms with Gasteiger partial charge in [0.1, 0.15) is 15.9 Å². The molecule has 0 saturated carbocycles. The van der Waals surface area contributed by atoms with Crippen molar-refractivity contribution in [3.63, 3.8) is 0 Å². The minimum absolute atomic E-state index is 0.00876. The number of nitrogens with zero attached hydrogens (tertiary/aromatic N) is 1. The zero-order valence-electron chi connectivity index (χ0n) is 9.25. The van der Waals surface area contributed by atoms with Gasteiger partial charge in [-0.1, -0.05) is 0 Å². The van der Waals surface area contributed by atoms with Gasteiger partial charge in [-0.05, 0) is 0 Å². The van der Waals surface area contributed by atoms with E-state index in [1.807, 2.05) is 0 Å². The highest BCUT2D eigenvalue weighted by molar-refractivity contribution is 7.99. The molecule has 0 aromatic carbocycles. The zero-order chi connectivity index (χ0) is 13.1. The van der Waals surface area contributed by atoms with Crippen LogP contribution in [-0.4, -0.2) is 66.6 Å². The molecule has 0 aromatic rings. The molecule has 98 valence electrons. The van der Waals surface area contributed by atoms with E-state index >= 15 is 0 Å². The summed E-state index contributed by atoms with van der Waals surface area (Å²) in [6.07, 6.45) is 1.07. The van der Waals surface area contributed by atoms with E-state index in [4.69, 9.17) is 5.11 Å². The first-order chi connectivity index (χ1) is 7.81. The Labute approximate surface area is 103 Å². The van der Waals surface area contributed by atoms with Crippen molar-refractivity contribution in [2.24, 2.45) is 0 Å². The van der Waals surface area contributed by atoms with Gasteiger partial charge in [-0.15, -0.1) is 11.8 Å². The summed E-state index contributed by atoms with van der Waals surface area (Å²) in [6, 6.07) is -1.37. The largest absolute Gasteiger partial charge is 0.480 e. The molecule has 1 saturated heterocycles. The second kappa shape index (κ2) is 5.58. The molecule has 0 radical (unpaired) electrons. The summed E-state index contributed by atoms with van der Waals surface area (Å²) >= 11 is 1.35. The van der Waals surface area contributed by atoms with Gasteiger partial charge in [-0.25, -0.2) is 18.0 Å². The first-order valence-corrected chi connectivity index (χ1v) is 8.05. The van der Waals surface area contributed by atoms with Crippen LogP contribution in [0.2, 0.25) is 0 Å². The van der Waals surface area contributed by atoms with Crippen molar-refractivity contribution >= 4 is 33.6 Å². The Hall–Kier alpha value is -0.960. The fraction of sp³-hybridized carbons (Fsp3) is 0.750. The summed E-state index contributed by atoms with van der Waals surface area (Å²) < 4.78 is 21.7. The van der Waals surface area contributed by atoms with Crippen LogP contribution in [0.4, 0.5) is 4.79 Å². The molecular formula is C8H14N2O5S2. The summed E-state index contributed by atoms with van der Waals surface area (Å²) in [4.78, 5) is 23.6. The molecule has 0 spiro atoms. The van der Waals surface area contributed by atoms with E-state index in [0.29, 0.717) is 11.6 Å². The van der Waals surface area contributed by atoms with Crippen LogP contribution in [0, 0.1) is 0 Å². The Balaban J connectivity index is 2.45. The molecule has 1 rings (SSSR count). The van der Waals surface area contributed by atoms with E-state index in [1.165, 1.54) is 16.7 Å². The van der Waals surface area contributed by atoms with Crippen molar-refractivity contribution < 1.29 is 23.1 Å². The second-order valence-electron chi connectivity index (χ2n) is 3.69. The van der Waals surface area contributed by atoms with Crippen molar-refractivity contribution in [3.05, 3.63) is 0 Å². The third-order valence-electron chi connectivity index (χ3n) is 2.18. The number of amides is 2. The van der Waals surface area contributed by atoms with Crippen LogP contribution in [0.25, 0.3) is 0 Å². The maximum absolute atomic E-state index is 11.6. The van der Waals surface area contributed by atoms with Crippen LogP contribution in [-0.2, 0) is 14.6 Å². The van der Waals surface area contributed by atoms with Crippen LogP contribution in [0.5, 0.6) is 0 Å². The molecule has 2 amide bonds. The topological polar surface area (TPSA) is 104 Å². The first kappa shape index (κ1) is 14.1. The number of sulfone groups is 1. The lowest BCUT2D eigenvalue weighted by molar-refractivity contribution is -0.140. The standard InChI is InChI=1S/C8H14N2O5S2/c1-17(14,15)3-2-9-8(13)10-5-16-4-6(10)7(11)12/h6H,2-5H2,1H3,(H,9,13)(H,11,12)/t6-/m0/s1. The number of carbonyl (C=O) groups is 2. The number of carboxylic acid groups (broad SMARTS) is 1. The van der Waals surface area contributed by atoms with Gasteiger partial charge < -0.3 is 15.3 Å². The molecule has 1 atom stereocenters. The number of rotatable bonds is 4. The Morgan fingerprint density at radius 3 is 2.71 bits per heavy atom. The summed E-state index contributed by atoms with van der Waals surface area (Å²) in [6.45, 7) is -0.00876. The Bertz CT molecular complexity index is 408. The predicted octanol–water partition coefficient (Wildman–Crippen LogP) is -0.800.